The minimum Gasteiger partial charge on any atom is -0.355 e. The molecule has 0 saturated heterocycles. The Labute approximate surface area is 144 Å². The number of amides is 3. The van der Waals surface area contributed by atoms with Gasteiger partial charge < -0.3 is 16.0 Å². The maximum atomic E-state index is 12.0. The van der Waals surface area contributed by atoms with Crippen LogP contribution in [0.25, 0.3) is 0 Å². The molecule has 0 unspecified atom stereocenters. The summed E-state index contributed by atoms with van der Waals surface area (Å²) in [5.74, 6) is -0.168. The molecule has 3 amide bonds. The normalized spacial score (nSPS) is 16.2. The number of urea groups is 1. The Morgan fingerprint density at radius 1 is 1.08 bits per heavy atom. The smallest absolute Gasteiger partial charge is 0.315 e. The number of benzene rings is 1. The Morgan fingerprint density at radius 3 is 2.50 bits per heavy atom. The molecule has 1 fully saturated rings. The van der Waals surface area contributed by atoms with E-state index in [4.69, 9.17) is 0 Å². The largest absolute Gasteiger partial charge is 0.355 e. The molecule has 132 valence electrons. The van der Waals surface area contributed by atoms with Crippen LogP contribution in [0.4, 0.5) is 4.79 Å². The molecule has 0 atom stereocenters. The van der Waals surface area contributed by atoms with Crippen LogP contribution in [0.3, 0.4) is 0 Å². The summed E-state index contributed by atoms with van der Waals surface area (Å²) in [6.07, 6.45) is 5.82. The minimum absolute atomic E-state index is 0.00723. The maximum Gasteiger partial charge on any atom is 0.315 e. The predicted octanol–water partition coefficient (Wildman–Crippen LogP) is 2.63. The van der Waals surface area contributed by atoms with E-state index in [1.54, 1.807) is 0 Å². The monoisotopic (exact) mass is 331 g/mol. The van der Waals surface area contributed by atoms with Gasteiger partial charge >= 0.3 is 6.03 Å². The number of carbonyl (C=O) groups is 2. The van der Waals surface area contributed by atoms with Crippen LogP contribution in [-0.4, -0.2) is 31.6 Å². The predicted molar refractivity (Wildman–Crippen MR) is 96.0 cm³/mol. The summed E-state index contributed by atoms with van der Waals surface area (Å²) in [5.41, 5.74) is 2.57. The highest BCUT2D eigenvalue weighted by molar-refractivity contribution is 5.83. The first-order valence-electron chi connectivity index (χ1n) is 8.91. The number of nitrogens with one attached hydrogen (secondary N) is 3. The molecule has 1 aliphatic carbocycles. The van der Waals surface area contributed by atoms with E-state index in [0.717, 1.165) is 12.8 Å². The van der Waals surface area contributed by atoms with E-state index >= 15 is 0 Å². The van der Waals surface area contributed by atoms with Crippen LogP contribution < -0.4 is 16.0 Å². The standard InChI is InChI=1S/C19H29N3O2/c1-3-20-17(23)13-21-18(24)22-14-19(10-5-4-6-11-19)16-9-7-8-15(2)12-16/h7-9,12H,3-6,10-11,13-14H2,1-2H3,(H,20,23)(H2,21,22,24). The van der Waals surface area contributed by atoms with Gasteiger partial charge in [-0.15, -0.1) is 0 Å². The molecular formula is C19H29N3O2. The molecule has 1 aromatic rings. The Balaban J connectivity index is 1.97. The molecule has 0 spiro atoms. The van der Waals surface area contributed by atoms with Crippen molar-refractivity contribution in [3.63, 3.8) is 0 Å². The van der Waals surface area contributed by atoms with Crippen molar-refractivity contribution in [2.45, 2.75) is 51.4 Å². The second kappa shape index (κ2) is 8.71. The lowest BCUT2D eigenvalue weighted by Gasteiger charge is -2.38. The lowest BCUT2D eigenvalue weighted by atomic mass is 9.69. The van der Waals surface area contributed by atoms with Gasteiger partial charge in [-0.2, -0.15) is 0 Å². The first-order valence-corrected chi connectivity index (χ1v) is 8.91. The Bertz CT molecular complexity index is 565. The van der Waals surface area contributed by atoms with Gasteiger partial charge in [-0.05, 0) is 32.3 Å². The molecule has 0 bridgehead atoms. The Kier molecular flexibility index (Phi) is 6.64. The van der Waals surface area contributed by atoms with Crippen molar-refractivity contribution in [2.24, 2.45) is 0 Å². The molecule has 0 aromatic heterocycles. The molecule has 0 heterocycles. The third-order valence-corrected chi connectivity index (χ3v) is 4.81. The second-order valence-electron chi connectivity index (χ2n) is 6.70. The number of likely N-dealkylation sites (N-methyl/N-ethyl adjacent to an activating group) is 1. The molecule has 5 nitrogen and oxygen atoms in total. The van der Waals surface area contributed by atoms with Gasteiger partial charge in [0.25, 0.3) is 0 Å². The first-order chi connectivity index (χ1) is 11.6. The van der Waals surface area contributed by atoms with E-state index in [1.165, 1.54) is 30.4 Å². The number of hydrogen-bond acceptors (Lipinski definition) is 2. The Morgan fingerprint density at radius 2 is 1.83 bits per heavy atom. The van der Waals surface area contributed by atoms with E-state index in [0.29, 0.717) is 13.1 Å². The van der Waals surface area contributed by atoms with Crippen molar-refractivity contribution >= 4 is 11.9 Å². The fraction of sp³-hybridized carbons (Fsp3) is 0.579. The average molecular weight is 331 g/mol. The molecule has 1 saturated carbocycles. The van der Waals surface area contributed by atoms with Gasteiger partial charge in [0.05, 0.1) is 6.54 Å². The van der Waals surface area contributed by atoms with Crippen molar-refractivity contribution in [3.8, 4) is 0 Å². The van der Waals surface area contributed by atoms with Gasteiger partial charge in [-0.3, -0.25) is 4.79 Å². The highest BCUT2D eigenvalue weighted by atomic mass is 16.2. The van der Waals surface area contributed by atoms with E-state index in [9.17, 15) is 9.59 Å². The number of hydrogen-bond donors (Lipinski definition) is 3. The molecule has 2 rings (SSSR count). The maximum absolute atomic E-state index is 12.0. The topological polar surface area (TPSA) is 70.2 Å². The summed E-state index contributed by atoms with van der Waals surface area (Å²) in [6, 6.07) is 8.33. The molecule has 1 aromatic carbocycles. The molecule has 5 heteroatoms. The third kappa shape index (κ3) is 4.98. The lowest BCUT2D eigenvalue weighted by Crippen LogP contribution is -2.47. The van der Waals surface area contributed by atoms with Gasteiger partial charge in [0.2, 0.25) is 5.91 Å². The quantitative estimate of drug-likeness (QED) is 0.750. The van der Waals surface area contributed by atoms with E-state index < -0.39 is 0 Å². The zero-order valence-corrected chi connectivity index (χ0v) is 14.8. The number of aryl methyl sites for hydroxylation is 1. The van der Waals surface area contributed by atoms with Crippen molar-refractivity contribution in [2.75, 3.05) is 19.6 Å². The van der Waals surface area contributed by atoms with Crippen molar-refractivity contribution < 1.29 is 9.59 Å². The van der Waals surface area contributed by atoms with E-state index in [2.05, 4.69) is 47.1 Å². The van der Waals surface area contributed by atoms with Crippen LogP contribution in [-0.2, 0) is 10.2 Å². The van der Waals surface area contributed by atoms with Gasteiger partial charge in [-0.1, -0.05) is 49.1 Å². The van der Waals surface area contributed by atoms with Crippen molar-refractivity contribution in [1.29, 1.82) is 0 Å². The average Bonchev–Trinajstić information content (AvgIpc) is 2.59. The third-order valence-electron chi connectivity index (χ3n) is 4.81. The van der Waals surface area contributed by atoms with Crippen LogP contribution in [0.1, 0.15) is 50.2 Å². The summed E-state index contributed by atoms with van der Waals surface area (Å²) >= 11 is 0. The van der Waals surface area contributed by atoms with Crippen molar-refractivity contribution in [1.82, 2.24) is 16.0 Å². The molecule has 1 aliphatic rings. The zero-order valence-electron chi connectivity index (χ0n) is 14.8. The molecule has 24 heavy (non-hydrogen) atoms. The Hall–Kier alpha value is -2.04. The zero-order chi connectivity index (χ0) is 17.4. The van der Waals surface area contributed by atoms with Crippen LogP contribution >= 0.6 is 0 Å². The highest BCUT2D eigenvalue weighted by Gasteiger charge is 2.34. The highest BCUT2D eigenvalue weighted by Crippen LogP contribution is 2.39. The molecule has 3 N–H and O–H groups in total. The summed E-state index contributed by atoms with van der Waals surface area (Å²) in [7, 11) is 0. The summed E-state index contributed by atoms with van der Waals surface area (Å²) < 4.78 is 0. The summed E-state index contributed by atoms with van der Waals surface area (Å²) in [5, 5.41) is 8.27. The number of rotatable bonds is 6. The first kappa shape index (κ1) is 18.3. The fourth-order valence-corrected chi connectivity index (χ4v) is 3.50. The lowest BCUT2D eigenvalue weighted by molar-refractivity contribution is -0.119. The molecule has 0 radical (unpaired) electrons. The molecular weight excluding hydrogens is 302 g/mol. The SMILES string of the molecule is CCNC(=O)CNC(=O)NCC1(c2cccc(C)c2)CCCCC1. The number of carbonyl (C=O) groups excluding carboxylic acids is 2. The summed E-state index contributed by atoms with van der Waals surface area (Å²) in [4.78, 5) is 23.5. The van der Waals surface area contributed by atoms with Gasteiger partial charge in [0.1, 0.15) is 0 Å². The summed E-state index contributed by atoms with van der Waals surface area (Å²) in [6.45, 7) is 5.15. The van der Waals surface area contributed by atoms with E-state index in [-0.39, 0.29) is 23.9 Å². The van der Waals surface area contributed by atoms with Gasteiger partial charge in [0, 0.05) is 18.5 Å². The van der Waals surface area contributed by atoms with Crippen LogP contribution in [0.2, 0.25) is 0 Å². The van der Waals surface area contributed by atoms with Gasteiger partial charge in [0.15, 0.2) is 0 Å². The fourth-order valence-electron chi connectivity index (χ4n) is 3.50. The van der Waals surface area contributed by atoms with Crippen molar-refractivity contribution in [3.05, 3.63) is 35.4 Å². The van der Waals surface area contributed by atoms with E-state index in [1.807, 2.05) is 6.92 Å². The van der Waals surface area contributed by atoms with Crippen LogP contribution in [0, 0.1) is 6.92 Å². The molecule has 0 aliphatic heterocycles. The van der Waals surface area contributed by atoms with Gasteiger partial charge in [-0.25, -0.2) is 4.79 Å². The second-order valence-corrected chi connectivity index (χ2v) is 6.70. The van der Waals surface area contributed by atoms with Crippen LogP contribution in [0.15, 0.2) is 24.3 Å². The van der Waals surface area contributed by atoms with Crippen LogP contribution in [0.5, 0.6) is 0 Å². The minimum atomic E-state index is -0.279.